The van der Waals surface area contributed by atoms with Gasteiger partial charge in [-0.05, 0) is 18.2 Å². The molecule has 0 saturated carbocycles. The zero-order valence-corrected chi connectivity index (χ0v) is 17.4. The number of rotatable bonds is 5. The number of alkyl halides is 3. The predicted octanol–water partition coefficient (Wildman–Crippen LogP) is 1.98. The van der Waals surface area contributed by atoms with Gasteiger partial charge < -0.3 is 15.8 Å². The zero-order chi connectivity index (χ0) is 26.0. The summed E-state index contributed by atoms with van der Waals surface area (Å²) in [6.45, 7) is 0. The summed E-state index contributed by atoms with van der Waals surface area (Å²) < 4.78 is 60.1. The highest BCUT2D eigenvalue weighted by Crippen LogP contribution is 2.34. The number of anilines is 1. The number of nitrogens with one attached hydrogen (secondary N) is 1. The van der Waals surface area contributed by atoms with Crippen LogP contribution in [0.2, 0.25) is 0 Å². The Morgan fingerprint density at radius 2 is 1.86 bits per heavy atom. The van der Waals surface area contributed by atoms with Gasteiger partial charge in [-0.25, -0.2) is 18.9 Å². The number of halogens is 4. The van der Waals surface area contributed by atoms with E-state index < -0.39 is 46.9 Å². The molecule has 4 heterocycles. The molecule has 3 N–H and O–H groups in total. The van der Waals surface area contributed by atoms with Crippen molar-refractivity contribution in [3.63, 3.8) is 0 Å². The average Bonchev–Trinajstić information content (AvgIpc) is 3.50. The molecule has 13 nitrogen and oxygen atoms in total. The molecule has 0 aromatic carbocycles. The van der Waals surface area contributed by atoms with Gasteiger partial charge in [0.05, 0.1) is 36.0 Å². The van der Waals surface area contributed by atoms with Crippen molar-refractivity contribution in [3.05, 3.63) is 65.6 Å². The first-order valence-corrected chi connectivity index (χ1v) is 9.46. The molecule has 36 heavy (non-hydrogen) atoms. The Hall–Kier alpha value is -5.40. The van der Waals surface area contributed by atoms with Crippen molar-refractivity contribution in [1.29, 1.82) is 5.26 Å². The number of amides is 2. The van der Waals surface area contributed by atoms with Crippen molar-refractivity contribution < 1.29 is 31.9 Å². The number of nitriles is 1. The fourth-order valence-corrected chi connectivity index (χ4v) is 2.95. The zero-order valence-electron chi connectivity index (χ0n) is 17.4. The van der Waals surface area contributed by atoms with Gasteiger partial charge in [0.15, 0.2) is 23.1 Å². The lowest BCUT2D eigenvalue weighted by Crippen LogP contribution is -2.22. The maximum Gasteiger partial charge on any atom is 0.434 e. The van der Waals surface area contributed by atoms with Gasteiger partial charge in [0.1, 0.15) is 11.6 Å². The fraction of sp³-hybridized carbons (Fsp3) is 0.0526. The van der Waals surface area contributed by atoms with Crippen molar-refractivity contribution >= 4 is 17.7 Å². The molecule has 0 aliphatic heterocycles. The third-order valence-corrected chi connectivity index (χ3v) is 4.35. The number of nitrogens with two attached hydrogens (primary N) is 1. The first-order chi connectivity index (χ1) is 17.1. The van der Waals surface area contributed by atoms with E-state index >= 15 is 0 Å². The van der Waals surface area contributed by atoms with Gasteiger partial charge in [-0.1, -0.05) is 0 Å². The van der Waals surface area contributed by atoms with E-state index in [1.165, 1.54) is 12.4 Å². The standard InChI is InChI=1S/C19H10F4N10O3/c20-12-1-2-13(31-17(12)36-18(25)35)32-14(19(21,22)23)11(8-29-32)16(34)30-10-5-9(6-24)15(26-7-10)33-27-3-4-28-33/h1-5,7-8H,(H2,25,35)(H,30,34). The van der Waals surface area contributed by atoms with Crippen LogP contribution in [0.5, 0.6) is 5.88 Å². The average molecular weight is 502 g/mol. The molecule has 0 aliphatic rings. The second-order valence-electron chi connectivity index (χ2n) is 6.67. The molecule has 0 fully saturated rings. The highest BCUT2D eigenvalue weighted by Gasteiger charge is 2.41. The number of ether oxygens (including phenoxy) is 1. The highest BCUT2D eigenvalue weighted by molar-refractivity contribution is 6.05. The van der Waals surface area contributed by atoms with E-state index in [1.54, 1.807) is 0 Å². The van der Waals surface area contributed by atoms with Crippen molar-refractivity contribution in [2.75, 3.05) is 5.32 Å². The highest BCUT2D eigenvalue weighted by atomic mass is 19.4. The van der Waals surface area contributed by atoms with E-state index in [4.69, 9.17) is 5.73 Å². The van der Waals surface area contributed by atoms with Gasteiger partial charge in [-0.15, -0.1) is 4.80 Å². The molecule has 0 saturated heterocycles. The molecule has 0 radical (unpaired) electrons. The number of primary amides is 1. The summed E-state index contributed by atoms with van der Waals surface area (Å²) in [4.78, 5) is 32.1. The summed E-state index contributed by atoms with van der Waals surface area (Å²) in [6.07, 6.45) is -2.20. The number of pyridine rings is 2. The first-order valence-electron chi connectivity index (χ1n) is 9.46. The van der Waals surface area contributed by atoms with Crippen molar-refractivity contribution in [2.24, 2.45) is 5.73 Å². The quantitative estimate of drug-likeness (QED) is 0.386. The molecule has 0 bridgehead atoms. The van der Waals surface area contributed by atoms with Crippen LogP contribution in [-0.2, 0) is 6.18 Å². The molecule has 0 spiro atoms. The molecule has 0 aliphatic carbocycles. The summed E-state index contributed by atoms with van der Waals surface area (Å²) in [5.74, 6) is -4.01. The SMILES string of the molecule is N#Cc1cc(NC(=O)c2cnn(-c3ccc(F)c(OC(N)=O)n3)c2C(F)(F)F)cnc1-n1nccn1. The number of hydrogen-bond donors (Lipinski definition) is 2. The van der Waals surface area contributed by atoms with Crippen LogP contribution in [0.4, 0.5) is 28.0 Å². The van der Waals surface area contributed by atoms with Crippen LogP contribution in [0.1, 0.15) is 21.6 Å². The minimum Gasteiger partial charge on any atom is -0.388 e. The first kappa shape index (κ1) is 23.7. The molecule has 0 unspecified atom stereocenters. The summed E-state index contributed by atoms with van der Waals surface area (Å²) in [6, 6.07) is 4.48. The molecule has 4 aromatic rings. The predicted molar refractivity (Wildman–Crippen MR) is 108 cm³/mol. The van der Waals surface area contributed by atoms with Crippen LogP contribution >= 0.6 is 0 Å². The second kappa shape index (κ2) is 9.09. The van der Waals surface area contributed by atoms with E-state index in [0.29, 0.717) is 12.3 Å². The van der Waals surface area contributed by atoms with Crippen LogP contribution in [0.15, 0.2) is 43.0 Å². The number of hydrogen-bond acceptors (Lipinski definition) is 9. The number of carbonyl (C=O) groups excluding carboxylic acids is 2. The molecular formula is C19H10F4N10O3. The molecule has 2 amide bonds. The molecule has 4 aromatic heterocycles. The monoisotopic (exact) mass is 502 g/mol. The second-order valence-corrected chi connectivity index (χ2v) is 6.67. The number of aromatic nitrogens is 7. The van der Waals surface area contributed by atoms with Gasteiger partial charge in [-0.2, -0.15) is 38.7 Å². The smallest absolute Gasteiger partial charge is 0.388 e. The van der Waals surface area contributed by atoms with Crippen LogP contribution in [0, 0.1) is 17.1 Å². The van der Waals surface area contributed by atoms with Crippen molar-refractivity contribution in [1.82, 2.24) is 34.7 Å². The third-order valence-electron chi connectivity index (χ3n) is 4.35. The number of carbonyl (C=O) groups is 2. The summed E-state index contributed by atoms with van der Waals surface area (Å²) in [5.41, 5.74) is 2.13. The van der Waals surface area contributed by atoms with E-state index in [-0.39, 0.29) is 21.8 Å². The molecule has 182 valence electrons. The Morgan fingerprint density at radius 3 is 2.50 bits per heavy atom. The molecule has 17 heteroatoms. The Bertz CT molecular complexity index is 1510. The number of nitrogens with zero attached hydrogens (tertiary/aromatic N) is 8. The Morgan fingerprint density at radius 1 is 1.14 bits per heavy atom. The molecule has 4 rings (SSSR count). The normalized spacial score (nSPS) is 11.1. The van der Waals surface area contributed by atoms with Gasteiger partial charge >= 0.3 is 12.3 Å². The lowest BCUT2D eigenvalue weighted by molar-refractivity contribution is -0.143. The van der Waals surface area contributed by atoms with Gasteiger partial charge in [0, 0.05) is 0 Å². The minimum atomic E-state index is -5.13. The van der Waals surface area contributed by atoms with Crippen LogP contribution < -0.4 is 15.8 Å². The van der Waals surface area contributed by atoms with Crippen LogP contribution in [-0.4, -0.2) is 46.7 Å². The van der Waals surface area contributed by atoms with E-state index in [0.717, 1.165) is 23.1 Å². The van der Waals surface area contributed by atoms with E-state index in [2.05, 4.69) is 35.3 Å². The van der Waals surface area contributed by atoms with E-state index in [1.807, 2.05) is 6.07 Å². The Kier molecular flexibility index (Phi) is 6.00. The molecular weight excluding hydrogens is 492 g/mol. The van der Waals surface area contributed by atoms with Gasteiger partial charge in [-0.3, -0.25) is 4.79 Å². The Balaban J connectivity index is 1.70. The van der Waals surface area contributed by atoms with Gasteiger partial charge in [0.25, 0.3) is 11.8 Å². The van der Waals surface area contributed by atoms with Crippen LogP contribution in [0.3, 0.4) is 0 Å². The summed E-state index contributed by atoms with van der Waals surface area (Å²) >= 11 is 0. The minimum absolute atomic E-state index is 0.0284. The lowest BCUT2D eigenvalue weighted by atomic mass is 10.2. The summed E-state index contributed by atoms with van der Waals surface area (Å²) in [5, 5.41) is 22.8. The maximum atomic E-state index is 13.9. The summed E-state index contributed by atoms with van der Waals surface area (Å²) in [7, 11) is 0. The van der Waals surface area contributed by atoms with Gasteiger partial charge in [0.2, 0.25) is 0 Å². The third kappa shape index (κ3) is 4.63. The van der Waals surface area contributed by atoms with Crippen LogP contribution in [0.25, 0.3) is 11.6 Å². The van der Waals surface area contributed by atoms with Crippen molar-refractivity contribution in [2.45, 2.75) is 6.18 Å². The fourth-order valence-electron chi connectivity index (χ4n) is 2.95. The van der Waals surface area contributed by atoms with Crippen molar-refractivity contribution in [3.8, 4) is 23.6 Å². The largest absolute Gasteiger partial charge is 0.434 e. The maximum absolute atomic E-state index is 13.9. The van der Waals surface area contributed by atoms with E-state index in [9.17, 15) is 32.4 Å². The molecule has 0 atom stereocenters. The topological polar surface area (TPSA) is 180 Å². The Labute approximate surface area is 196 Å². The lowest BCUT2D eigenvalue weighted by Gasteiger charge is -2.13.